The second-order valence-corrected chi connectivity index (χ2v) is 4.66. The molecule has 1 atom stereocenters. The Morgan fingerprint density at radius 2 is 2.05 bits per heavy atom. The van der Waals surface area contributed by atoms with Crippen LogP contribution < -0.4 is 5.73 Å². The molecule has 2 rings (SSSR count). The molecule has 19 heavy (non-hydrogen) atoms. The summed E-state index contributed by atoms with van der Waals surface area (Å²) in [6.45, 7) is 2.73. The summed E-state index contributed by atoms with van der Waals surface area (Å²) in [6, 6.07) is 7.00. The van der Waals surface area contributed by atoms with Gasteiger partial charge in [-0.15, -0.1) is 0 Å². The summed E-state index contributed by atoms with van der Waals surface area (Å²) in [4.78, 5) is 4.37. The van der Waals surface area contributed by atoms with Crippen molar-refractivity contribution in [1.29, 1.82) is 0 Å². The molecule has 1 aromatic heterocycles. The Bertz CT molecular complexity index is 504. The molecule has 1 unspecified atom stereocenters. The van der Waals surface area contributed by atoms with Crippen LogP contribution in [0.15, 0.2) is 28.8 Å². The molecular formula is C14H19N3O2. The van der Waals surface area contributed by atoms with Crippen LogP contribution >= 0.6 is 0 Å². The third kappa shape index (κ3) is 3.79. The lowest BCUT2D eigenvalue weighted by atomic mass is 10.0. The van der Waals surface area contributed by atoms with Crippen molar-refractivity contribution in [1.82, 2.24) is 10.1 Å². The Morgan fingerprint density at radius 3 is 2.68 bits per heavy atom. The first kappa shape index (κ1) is 13.5. The number of nitrogens with two attached hydrogens (primary N) is 1. The maximum absolute atomic E-state index is 9.22. The van der Waals surface area contributed by atoms with Gasteiger partial charge < -0.3 is 15.4 Å². The van der Waals surface area contributed by atoms with E-state index in [1.807, 2.05) is 12.1 Å². The highest BCUT2D eigenvalue weighted by Gasteiger charge is 2.12. The number of aromatic nitrogens is 2. The van der Waals surface area contributed by atoms with Gasteiger partial charge in [0.1, 0.15) is 5.75 Å². The summed E-state index contributed by atoms with van der Waals surface area (Å²) < 4.78 is 5.23. The van der Waals surface area contributed by atoms with Crippen LogP contribution in [0.1, 0.15) is 30.6 Å². The molecule has 0 radical (unpaired) electrons. The van der Waals surface area contributed by atoms with Crippen LogP contribution in [0.2, 0.25) is 0 Å². The molecule has 1 aromatic carbocycles. The van der Waals surface area contributed by atoms with Crippen LogP contribution in [0, 0.1) is 5.92 Å². The van der Waals surface area contributed by atoms with E-state index in [2.05, 4.69) is 17.1 Å². The predicted molar refractivity (Wildman–Crippen MR) is 71.8 cm³/mol. The minimum Gasteiger partial charge on any atom is -0.508 e. The molecule has 0 aliphatic rings. The average molecular weight is 261 g/mol. The summed E-state index contributed by atoms with van der Waals surface area (Å²) in [5, 5.41) is 13.2. The molecule has 0 aliphatic heterocycles. The predicted octanol–water partition coefficient (Wildman–Crippen LogP) is 1.89. The molecule has 0 fully saturated rings. The lowest BCUT2D eigenvalue weighted by molar-refractivity contribution is 0.347. The molecule has 0 spiro atoms. The minimum absolute atomic E-state index is 0.256. The van der Waals surface area contributed by atoms with Crippen LogP contribution in [0.25, 0.3) is 0 Å². The number of phenols is 1. The number of hydrogen-bond donors (Lipinski definition) is 2. The number of benzene rings is 1. The van der Waals surface area contributed by atoms with Crippen molar-refractivity contribution in [3.63, 3.8) is 0 Å². The number of phenolic OH excluding ortho intramolecular Hbond substituents is 1. The second-order valence-electron chi connectivity index (χ2n) is 4.66. The fourth-order valence-corrected chi connectivity index (χ4v) is 1.88. The first-order valence-electron chi connectivity index (χ1n) is 6.50. The summed E-state index contributed by atoms with van der Waals surface area (Å²) >= 11 is 0. The van der Waals surface area contributed by atoms with Gasteiger partial charge in [0.15, 0.2) is 5.82 Å². The van der Waals surface area contributed by atoms with Gasteiger partial charge >= 0.3 is 0 Å². The average Bonchev–Trinajstić information content (AvgIpc) is 2.86. The Hall–Kier alpha value is -1.88. The van der Waals surface area contributed by atoms with Gasteiger partial charge in [0, 0.05) is 12.8 Å². The third-order valence-electron chi connectivity index (χ3n) is 3.18. The largest absolute Gasteiger partial charge is 0.508 e. The fourth-order valence-electron chi connectivity index (χ4n) is 1.88. The normalized spacial score (nSPS) is 12.5. The van der Waals surface area contributed by atoms with E-state index in [1.165, 1.54) is 0 Å². The van der Waals surface area contributed by atoms with Crippen LogP contribution in [-0.2, 0) is 12.8 Å². The Morgan fingerprint density at radius 1 is 1.32 bits per heavy atom. The zero-order valence-corrected chi connectivity index (χ0v) is 11.0. The van der Waals surface area contributed by atoms with Gasteiger partial charge in [-0.05, 0) is 30.2 Å². The highest BCUT2D eigenvalue weighted by Crippen LogP contribution is 2.14. The smallest absolute Gasteiger partial charge is 0.226 e. The van der Waals surface area contributed by atoms with Gasteiger partial charge in [-0.2, -0.15) is 4.98 Å². The van der Waals surface area contributed by atoms with Crippen molar-refractivity contribution in [3.05, 3.63) is 41.5 Å². The minimum atomic E-state index is 0.256. The SMILES string of the molecule is CCC(CN)Cc1nc(Cc2ccc(O)cc2)no1. The van der Waals surface area contributed by atoms with Crippen molar-refractivity contribution in [3.8, 4) is 5.75 Å². The Labute approximate surface area is 112 Å². The first-order valence-corrected chi connectivity index (χ1v) is 6.50. The number of nitrogens with zero attached hydrogens (tertiary/aromatic N) is 2. The molecule has 0 bridgehead atoms. The van der Waals surface area contributed by atoms with E-state index in [-0.39, 0.29) is 5.75 Å². The maximum Gasteiger partial charge on any atom is 0.226 e. The summed E-state index contributed by atoms with van der Waals surface area (Å²) in [5.41, 5.74) is 6.70. The van der Waals surface area contributed by atoms with Crippen molar-refractivity contribution >= 4 is 0 Å². The van der Waals surface area contributed by atoms with Gasteiger partial charge in [-0.25, -0.2) is 0 Å². The molecule has 0 saturated carbocycles. The molecule has 5 heteroatoms. The van der Waals surface area contributed by atoms with E-state index in [0.29, 0.717) is 30.6 Å². The van der Waals surface area contributed by atoms with E-state index in [1.54, 1.807) is 12.1 Å². The monoisotopic (exact) mass is 261 g/mol. The highest BCUT2D eigenvalue weighted by atomic mass is 16.5. The second kappa shape index (κ2) is 6.33. The number of aromatic hydroxyl groups is 1. The summed E-state index contributed by atoms with van der Waals surface area (Å²) in [5.74, 6) is 1.95. The summed E-state index contributed by atoms with van der Waals surface area (Å²) in [7, 11) is 0. The lowest BCUT2D eigenvalue weighted by Crippen LogP contribution is -2.16. The third-order valence-corrected chi connectivity index (χ3v) is 3.18. The maximum atomic E-state index is 9.22. The molecule has 2 aromatic rings. The Kier molecular flexibility index (Phi) is 4.52. The lowest BCUT2D eigenvalue weighted by Gasteiger charge is -2.07. The van der Waals surface area contributed by atoms with Crippen LogP contribution in [0.3, 0.4) is 0 Å². The van der Waals surface area contributed by atoms with E-state index < -0.39 is 0 Å². The summed E-state index contributed by atoms with van der Waals surface area (Å²) in [6.07, 6.45) is 2.34. The van der Waals surface area contributed by atoms with Crippen LogP contribution in [-0.4, -0.2) is 21.8 Å². The van der Waals surface area contributed by atoms with Gasteiger partial charge in [-0.3, -0.25) is 0 Å². The van der Waals surface area contributed by atoms with Gasteiger partial charge in [0.05, 0.1) is 0 Å². The zero-order chi connectivity index (χ0) is 13.7. The quantitative estimate of drug-likeness (QED) is 0.829. The van der Waals surface area contributed by atoms with Crippen molar-refractivity contribution < 1.29 is 9.63 Å². The molecule has 0 saturated heterocycles. The Balaban J connectivity index is 1.99. The molecule has 1 heterocycles. The van der Waals surface area contributed by atoms with Crippen molar-refractivity contribution in [2.45, 2.75) is 26.2 Å². The zero-order valence-electron chi connectivity index (χ0n) is 11.0. The number of hydrogen-bond acceptors (Lipinski definition) is 5. The molecule has 3 N–H and O–H groups in total. The van der Waals surface area contributed by atoms with Gasteiger partial charge in [0.25, 0.3) is 0 Å². The molecular weight excluding hydrogens is 242 g/mol. The fraction of sp³-hybridized carbons (Fsp3) is 0.429. The van der Waals surface area contributed by atoms with Crippen molar-refractivity contribution in [2.24, 2.45) is 11.7 Å². The van der Waals surface area contributed by atoms with E-state index in [9.17, 15) is 5.11 Å². The first-order chi connectivity index (χ1) is 9.21. The molecule has 0 amide bonds. The van der Waals surface area contributed by atoms with E-state index in [4.69, 9.17) is 10.3 Å². The van der Waals surface area contributed by atoms with E-state index >= 15 is 0 Å². The molecule has 5 nitrogen and oxygen atoms in total. The standard InChI is InChI=1S/C14H19N3O2/c1-2-10(9-15)8-14-16-13(17-19-14)7-11-3-5-12(18)6-4-11/h3-6,10,18H,2,7-9,15H2,1H3. The van der Waals surface area contributed by atoms with Crippen molar-refractivity contribution in [2.75, 3.05) is 6.54 Å². The van der Waals surface area contributed by atoms with Gasteiger partial charge in [-0.1, -0.05) is 30.6 Å². The number of rotatable bonds is 6. The molecule has 0 aliphatic carbocycles. The van der Waals surface area contributed by atoms with Crippen LogP contribution in [0.4, 0.5) is 0 Å². The highest BCUT2D eigenvalue weighted by molar-refractivity contribution is 5.27. The topological polar surface area (TPSA) is 85.2 Å². The van der Waals surface area contributed by atoms with Crippen LogP contribution in [0.5, 0.6) is 5.75 Å². The molecule has 102 valence electrons. The van der Waals surface area contributed by atoms with E-state index in [0.717, 1.165) is 18.4 Å². The van der Waals surface area contributed by atoms with Gasteiger partial charge in [0.2, 0.25) is 5.89 Å².